The van der Waals surface area contributed by atoms with Gasteiger partial charge in [-0.05, 0) is 18.2 Å². The molecule has 1 aliphatic heterocycles. The first-order valence-corrected chi connectivity index (χ1v) is 5.48. The highest BCUT2D eigenvalue weighted by Gasteiger charge is 2.01. The average molecular weight is 203 g/mol. The molecule has 2 heteroatoms. The van der Waals surface area contributed by atoms with Crippen molar-refractivity contribution in [3.63, 3.8) is 0 Å². The first kappa shape index (κ1) is 9.41. The molecule has 1 aromatic rings. The van der Waals surface area contributed by atoms with Gasteiger partial charge in [-0.1, -0.05) is 36.0 Å². The van der Waals surface area contributed by atoms with Gasteiger partial charge in [0.05, 0.1) is 0 Å². The van der Waals surface area contributed by atoms with Crippen molar-refractivity contribution < 1.29 is 0 Å². The molecule has 0 fully saturated rings. The maximum Gasteiger partial charge on any atom is 0.0364 e. The molecule has 0 atom stereocenters. The number of hydrogen-bond acceptors (Lipinski definition) is 2. The Bertz CT molecular complexity index is 354. The highest BCUT2D eigenvalue weighted by Crippen LogP contribution is 2.28. The van der Waals surface area contributed by atoms with Crippen molar-refractivity contribution in [2.45, 2.75) is 4.90 Å². The molecule has 0 aliphatic carbocycles. The first-order valence-electron chi connectivity index (χ1n) is 4.66. The standard InChI is InChI=1S/C12H13NS/c1-13-9-7-12(8-10-13)14-11-5-3-2-4-6-11/h2-9H,10H2,1H3. The van der Waals surface area contributed by atoms with E-state index in [2.05, 4.69) is 54.6 Å². The highest BCUT2D eigenvalue weighted by molar-refractivity contribution is 8.03. The number of likely N-dealkylation sites (N-methyl/N-ethyl adjacent to an activating group) is 1. The summed E-state index contributed by atoms with van der Waals surface area (Å²) in [6.07, 6.45) is 6.52. The van der Waals surface area contributed by atoms with E-state index in [4.69, 9.17) is 0 Å². The van der Waals surface area contributed by atoms with Crippen LogP contribution in [0.15, 0.2) is 58.5 Å². The maximum absolute atomic E-state index is 2.25. The molecule has 1 aromatic carbocycles. The summed E-state index contributed by atoms with van der Waals surface area (Å²) in [4.78, 5) is 4.79. The van der Waals surface area contributed by atoms with Crippen molar-refractivity contribution in [3.8, 4) is 0 Å². The molecule has 0 saturated heterocycles. The molecular weight excluding hydrogens is 190 g/mol. The average Bonchev–Trinajstić information content (AvgIpc) is 2.23. The van der Waals surface area contributed by atoms with Crippen LogP contribution in [-0.2, 0) is 0 Å². The van der Waals surface area contributed by atoms with E-state index < -0.39 is 0 Å². The Morgan fingerprint density at radius 2 is 2.00 bits per heavy atom. The molecule has 1 aliphatic rings. The Balaban J connectivity index is 2.03. The van der Waals surface area contributed by atoms with Gasteiger partial charge in [-0.15, -0.1) is 0 Å². The molecule has 0 spiro atoms. The predicted molar refractivity (Wildman–Crippen MR) is 62.2 cm³/mol. The Labute approximate surface area is 89.1 Å². The van der Waals surface area contributed by atoms with Crippen molar-refractivity contribution in [2.75, 3.05) is 13.6 Å². The molecule has 0 bridgehead atoms. The molecule has 0 aromatic heterocycles. The second-order valence-corrected chi connectivity index (χ2v) is 4.42. The van der Waals surface area contributed by atoms with Gasteiger partial charge in [-0.3, -0.25) is 0 Å². The number of allylic oxidation sites excluding steroid dienone is 1. The minimum Gasteiger partial charge on any atom is -0.377 e. The van der Waals surface area contributed by atoms with Crippen LogP contribution in [0.4, 0.5) is 0 Å². The number of benzene rings is 1. The molecule has 1 nitrogen and oxygen atoms in total. The third-order valence-corrected chi connectivity index (χ3v) is 3.10. The second-order valence-electron chi connectivity index (χ2n) is 3.28. The van der Waals surface area contributed by atoms with Gasteiger partial charge in [0.2, 0.25) is 0 Å². The van der Waals surface area contributed by atoms with E-state index in [0.717, 1.165) is 6.54 Å². The molecule has 0 amide bonds. The zero-order chi connectivity index (χ0) is 9.80. The Hall–Kier alpha value is -1.15. The van der Waals surface area contributed by atoms with E-state index in [1.807, 2.05) is 17.8 Å². The van der Waals surface area contributed by atoms with Crippen molar-refractivity contribution in [3.05, 3.63) is 53.6 Å². The summed E-state index contributed by atoms with van der Waals surface area (Å²) in [6, 6.07) is 10.5. The summed E-state index contributed by atoms with van der Waals surface area (Å²) >= 11 is 1.81. The topological polar surface area (TPSA) is 3.24 Å². The van der Waals surface area contributed by atoms with Gasteiger partial charge in [0, 0.05) is 29.6 Å². The molecule has 2 rings (SSSR count). The molecule has 0 saturated carbocycles. The zero-order valence-corrected chi connectivity index (χ0v) is 9.00. The third-order valence-electron chi connectivity index (χ3n) is 2.05. The van der Waals surface area contributed by atoms with Gasteiger partial charge in [0.15, 0.2) is 0 Å². The molecule has 72 valence electrons. The fourth-order valence-electron chi connectivity index (χ4n) is 1.26. The van der Waals surface area contributed by atoms with E-state index in [-0.39, 0.29) is 0 Å². The quantitative estimate of drug-likeness (QED) is 0.726. The van der Waals surface area contributed by atoms with Gasteiger partial charge in [0.1, 0.15) is 0 Å². The van der Waals surface area contributed by atoms with Gasteiger partial charge < -0.3 is 4.90 Å². The molecule has 14 heavy (non-hydrogen) atoms. The Morgan fingerprint density at radius 1 is 1.21 bits per heavy atom. The SMILES string of the molecule is CN1C=CC(Sc2ccccc2)=CC1. The van der Waals surface area contributed by atoms with Crippen molar-refractivity contribution in [2.24, 2.45) is 0 Å². The zero-order valence-electron chi connectivity index (χ0n) is 8.18. The summed E-state index contributed by atoms with van der Waals surface area (Å²) in [7, 11) is 2.08. The predicted octanol–water partition coefficient (Wildman–Crippen LogP) is 3.12. The largest absolute Gasteiger partial charge is 0.377 e. The van der Waals surface area contributed by atoms with Crippen LogP contribution in [0.5, 0.6) is 0 Å². The monoisotopic (exact) mass is 203 g/mol. The van der Waals surface area contributed by atoms with E-state index in [9.17, 15) is 0 Å². The normalized spacial score (nSPS) is 15.5. The minimum atomic E-state index is 1.01. The summed E-state index contributed by atoms with van der Waals surface area (Å²) in [5.41, 5.74) is 0. The lowest BCUT2D eigenvalue weighted by Crippen LogP contribution is -2.12. The number of rotatable bonds is 2. The minimum absolute atomic E-state index is 1.01. The van der Waals surface area contributed by atoms with Crippen LogP contribution in [0, 0.1) is 0 Å². The molecule has 0 unspecified atom stereocenters. The number of nitrogens with zero attached hydrogens (tertiary/aromatic N) is 1. The maximum atomic E-state index is 2.25. The summed E-state index contributed by atoms with van der Waals surface area (Å²) in [6.45, 7) is 1.01. The summed E-state index contributed by atoms with van der Waals surface area (Å²) in [5, 5.41) is 0. The van der Waals surface area contributed by atoms with Crippen LogP contribution in [-0.4, -0.2) is 18.5 Å². The summed E-state index contributed by atoms with van der Waals surface area (Å²) < 4.78 is 0. The Kier molecular flexibility index (Phi) is 2.94. The van der Waals surface area contributed by atoms with E-state index in [1.165, 1.54) is 9.80 Å². The molecule has 0 N–H and O–H groups in total. The lowest BCUT2D eigenvalue weighted by molar-refractivity contribution is 0.504. The van der Waals surface area contributed by atoms with Gasteiger partial charge in [-0.25, -0.2) is 0 Å². The Morgan fingerprint density at radius 3 is 2.64 bits per heavy atom. The second kappa shape index (κ2) is 4.38. The van der Waals surface area contributed by atoms with E-state index >= 15 is 0 Å². The molecule has 0 radical (unpaired) electrons. The van der Waals surface area contributed by atoms with Crippen molar-refractivity contribution >= 4 is 11.8 Å². The molecule has 1 heterocycles. The lowest BCUT2D eigenvalue weighted by Gasteiger charge is -2.16. The van der Waals surface area contributed by atoms with E-state index in [0.29, 0.717) is 0 Å². The van der Waals surface area contributed by atoms with Crippen LogP contribution in [0.2, 0.25) is 0 Å². The van der Waals surface area contributed by atoms with Crippen LogP contribution >= 0.6 is 11.8 Å². The van der Waals surface area contributed by atoms with Gasteiger partial charge in [0.25, 0.3) is 0 Å². The van der Waals surface area contributed by atoms with Crippen LogP contribution in [0.1, 0.15) is 0 Å². The van der Waals surface area contributed by atoms with Gasteiger partial charge >= 0.3 is 0 Å². The third kappa shape index (κ3) is 2.42. The first-order chi connectivity index (χ1) is 6.84. The fraction of sp³-hybridized carbons (Fsp3) is 0.167. The van der Waals surface area contributed by atoms with E-state index in [1.54, 1.807) is 0 Å². The van der Waals surface area contributed by atoms with Crippen LogP contribution in [0.25, 0.3) is 0 Å². The van der Waals surface area contributed by atoms with Crippen molar-refractivity contribution in [1.82, 2.24) is 4.90 Å². The highest BCUT2D eigenvalue weighted by atomic mass is 32.2. The number of thioether (sulfide) groups is 1. The van der Waals surface area contributed by atoms with Gasteiger partial charge in [-0.2, -0.15) is 0 Å². The van der Waals surface area contributed by atoms with Crippen LogP contribution in [0.3, 0.4) is 0 Å². The molecular formula is C12H13NS. The lowest BCUT2D eigenvalue weighted by atomic mass is 10.4. The smallest absolute Gasteiger partial charge is 0.0364 e. The number of hydrogen-bond donors (Lipinski definition) is 0. The van der Waals surface area contributed by atoms with Crippen LogP contribution < -0.4 is 0 Å². The fourth-order valence-corrected chi connectivity index (χ4v) is 2.12. The van der Waals surface area contributed by atoms with Crippen molar-refractivity contribution in [1.29, 1.82) is 0 Å². The summed E-state index contributed by atoms with van der Waals surface area (Å²) in [5.74, 6) is 0.